The predicted molar refractivity (Wildman–Crippen MR) is 87.9 cm³/mol. The van der Waals surface area contributed by atoms with E-state index in [9.17, 15) is 22.8 Å². The Kier molecular flexibility index (Phi) is 4.50. The molecule has 0 radical (unpaired) electrons. The molecule has 2 heterocycles. The van der Waals surface area contributed by atoms with E-state index in [-0.39, 0.29) is 23.4 Å². The molecule has 0 saturated carbocycles. The molecule has 1 aromatic carbocycles. The van der Waals surface area contributed by atoms with Crippen LogP contribution in [0.1, 0.15) is 22.8 Å². The lowest BCUT2D eigenvalue weighted by Gasteiger charge is -2.14. The summed E-state index contributed by atoms with van der Waals surface area (Å²) in [6.07, 6.45) is -3.90. The highest BCUT2D eigenvalue weighted by molar-refractivity contribution is 5.89. The number of rotatable bonds is 3. The third-order valence-corrected chi connectivity index (χ3v) is 3.66. The van der Waals surface area contributed by atoms with Crippen molar-refractivity contribution in [2.75, 3.05) is 6.61 Å². The Bertz CT molecular complexity index is 1030. The summed E-state index contributed by atoms with van der Waals surface area (Å²) >= 11 is 0. The number of hydrogen-bond donors (Lipinski definition) is 0. The first-order valence-corrected chi connectivity index (χ1v) is 7.69. The molecule has 0 unspecified atom stereocenters. The van der Waals surface area contributed by atoms with E-state index in [1.54, 1.807) is 25.1 Å². The second-order valence-corrected chi connectivity index (χ2v) is 5.37. The van der Waals surface area contributed by atoms with Crippen molar-refractivity contribution in [1.82, 2.24) is 9.38 Å². The Labute approximate surface area is 145 Å². The Morgan fingerprint density at radius 3 is 2.46 bits per heavy atom. The summed E-state index contributed by atoms with van der Waals surface area (Å²) in [5, 5.41) is 0. The number of aromatic nitrogens is 2. The number of carbonyl (C=O) groups excluding carboxylic acids is 1. The van der Waals surface area contributed by atoms with Gasteiger partial charge in [-0.15, -0.1) is 0 Å². The van der Waals surface area contributed by atoms with Gasteiger partial charge in [0.05, 0.1) is 17.9 Å². The van der Waals surface area contributed by atoms with Crippen molar-refractivity contribution in [3.8, 4) is 11.3 Å². The van der Waals surface area contributed by atoms with Gasteiger partial charge in [-0.2, -0.15) is 13.2 Å². The molecule has 0 atom stereocenters. The van der Waals surface area contributed by atoms with Crippen LogP contribution < -0.4 is 5.56 Å². The van der Waals surface area contributed by atoms with Crippen LogP contribution in [0, 0.1) is 0 Å². The fourth-order valence-electron chi connectivity index (χ4n) is 2.53. The molecule has 3 rings (SSSR count). The molecule has 0 amide bonds. The van der Waals surface area contributed by atoms with Crippen molar-refractivity contribution >= 4 is 11.6 Å². The first-order chi connectivity index (χ1) is 12.3. The lowest BCUT2D eigenvalue weighted by Crippen LogP contribution is -2.28. The van der Waals surface area contributed by atoms with Crippen molar-refractivity contribution in [3.63, 3.8) is 0 Å². The smallest absolute Gasteiger partial charge is 0.423 e. The van der Waals surface area contributed by atoms with Gasteiger partial charge in [0.2, 0.25) is 0 Å². The van der Waals surface area contributed by atoms with Crippen molar-refractivity contribution in [3.05, 3.63) is 70.1 Å². The number of pyridine rings is 1. The minimum atomic E-state index is -4.91. The molecule has 0 aliphatic heterocycles. The molecule has 0 aliphatic rings. The number of esters is 1. The average Bonchev–Trinajstić information content (AvgIpc) is 2.61. The molecule has 0 saturated heterocycles. The van der Waals surface area contributed by atoms with Crippen LogP contribution in [-0.2, 0) is 10.9 Å². The summed E-state index contributed by atoms with van der Waals surface area (Å²) in [7, 11) is 0. The molecule has 134 valence electrons. The van der Waals surface area contributed by atoms with E-state index in [2.05, 4.69) is 4.98 Å². The quantitative estimate of drug-likeness (QED) is 0.669. The lowest BCUT2D eigenvalue weighted by atomic mass is 10.1. The van der Waals surface area contributed by atoms with Gasteiger partial charge in [-0.1, -0.05) is 30.3 Å². The van der Waals surface area contributed by atoms with Crippen molar-refractivity contribution in [1.29, 1.82) is 0 Å². The van der Waals surface area contributed by atoms with Gasteiger partial charge in [0, 0.05) is 11.8 Å². The van der Waals surface area contributed by atoms with Crippen LogP contribution in [0.2, 0.25) is 0 Å². The topological polar surface area (TPSA) is 60.7 Å². The van der Waals surface area contributed by atoms with Crippen molar-refractivity contribution in [2.45, 2.75) is 13.1 Å². The van der Waals surface area contributed by atoms with Crippen LogP contribution in [0.5, 0.6) is 0 Å². The van der Waals surface area contributed by atoms with Gasteiger partial charge >= 0.3 is 12.1 Å². The fraction of sp³-hybridized carbons (Fsp3) is 0.167. The highest BCUT2D eigenvalue weighted by Gasteiger charge is 2.39. The fourth-order valence-corrected chi connectivity index (χ4v) is 2.53. The molecular weight excluding hydrogens is 349 g/mol. The molecule has 0 fully saturated rings. The number of alkyl halides is 3. The van der Waals surface area contributed by atoms with Crippen LogP contribution >= 0.6 is 0 Å². The maximum absolute atomic E-state index is 13.6. The van der Waals surface area contributed by atoms with E-state index in [1.165, 1.54) is 24.3 Å². The zero-order valence-electron chi connectivity index (χ0n) is 13.6. The number of ether oxygens (including phenoxy) is 1. The minimum Gasteiger partial charge on any atom is -0.462 e. The predicted octanol–water partition coefficient (Wildman–Crippen LogP) is 3.56. The van der Waals surface area contributed by atoms with Crippen molar-refractivity contribution < 1.29 is 22.7 Å². The minimum absolute atomic E-state index is 0.00472. The monoisotopic (exact) mass is 362 g/mol. The standard InChI is InChI=1S/C18H13F3N2O3/c1-2-26-17(25)12-8-9-13-22-15(11-6-4-3-5-7-11)14(18(19,20)21)16(24)23(13)10-12/h3-10H,2H2,1H3. The number of fused-ring (bicyclic) bond motifs is 1. The van der Waals surface area contributed by atoms with E-state index < -0.39 is 29.0 Å². The van der Waals surface area contributed by atoms with E-state index in [0.717, 1.165) is 6.20 Å². The highest BCUT2D eigenvalue weighted by atomic mass is 19.4. The molecular formula is C18H13F3N2O3. The van der Waals surface area contributed by atoms with Crippen molar-refractivity contribution in [2.24, 2.45) is 0 Å². The largest absolute Gasteiger partial charge is 0.462 e. The van der Waals surface area contributed by atoms with Gasteiger partial charge in [-0.05, 0) is 19.1 Å². The molecule has 0 bridgehead atoms. The molecule has 2 aromatic heterocycles. The summed E-state index contributed by atoms with van der Waals surface area (Å²) in [5.41, 5.74) is -3.01. The summed E-state index contributed by atoms with van der Waals surface area (Å²) in [4.78, 5) is 28.4. The average molecular weight is 362 g/mol. The number of benzene rings is 1. The van der Waals surface area contributed by atoms with Crippen LogP contribution in [0.25, 0.3) is 16.9 Å². The number of nitrogens with zero attached hydrogens (tertiary/aromatic N) is 2. The summed E-state index contributed by atoms with van der Waals surface area (Å²) in [6.45, 7) is 1.70. The molecule has 0 spiro atoms. The second kappa shape index (κ2) is 6.62. The zero-order valence-corrected chi connectivity index (χ0v) is 13.6. The van der Waals surface area contributed by atoms with Crippen LogP contribution in [0.4, 0.5) is 13.2 Å². The SMILES string of the molecule is CCOC(=O)c1ccc2nc(-c3ccccc3)c(C(F)(F)F)c(=O)n2c1. The normalized spacial score (nSPS) is 11.5. The molecule has 3 aromatic rings. The second-order valence-electron chi connectivity index (χ2n) is 5.37. The highest BCUT2D eigenvalue weighted by Crippen LogP contribution is 2.33. The molecule has 5 nitrogen and oxygen atoms in total. The first kappa shape index (κ1) is 17.7. The van der Waals surface area contributed by atoms with Gasteiger partial charge in [0.15, 0.2) is 0 Å². The third-order valence-electron chi connectivity index (χ3n) is 3.66. The molecule has 8 heteroatoms. The maximum atomic E-state index is 13.6. The Balaban J connectivity index is 2.32. The van der Waals surface area contributed by atoms with Gasteiger partial charge in [0.25, 0.3) is 5.56 Å². The first-order valence-electron chi connectivity index (χ1n) is 7.69. The Hall–Kier alpha value is -3.16. The van der Waals surface area contributed by atoms with Gasteiger partial charge in [-0.25, -0.2) is 9.78 Å². The van der Waals surface area contributed by atoms with Crippen LogP contribution in [0.3, 0.4) is 0 Å². The zero-order chi connectivity index (χ0) is 18.9. The summed E-state index contributed by atoms with van der Waals surface area (Å²) < 4.78 is 46.2. The van der Waals surface area contributed by atoms with E-state index >= 15 is 0 Å². The van der Waals surface area contributed by atoms with Crippen LogP contribution in [0.15, 0.2) is 53.5 Å². The van der Waals surface area contributed by atoms with Gasteiger partial charge in [0.1, 0.15) is 11.2 Å². The lowest BCUT2D eigenvalue weighted by molar-refractivity contribution is -0.138. The number of halogens is 3. The van der Waals surface area contributed by atoms with E-state index in [1.807, 2.05) is 0 Å². The number of hydrogen-bond acceptors (Lipinski definition) is 4. The summed E-state index contributed by atoms with van der Waals surface area (Å²) in [6, 6.07) is 10.3. The van der Waals surface area contributed by atoms with E-state index in [4.69, 9.17) is 4.74 Å². The Morgan fingerprint density at radius 1 is 1.15 bits per heavy atom. The van der Waals surface area contributed by atoms with E-state index in [0.29, 0.717) is 4.40 Å². The van der Waals surface area contributed by atoms with Gasteiger partial charge < -0.3 is 4.74 Å². The maximum Gasteiger partial charge on any atom is 0.423 e. The molecule has 0 N–H and O–H groups in total. The third kappa shape index (κ3) is 3.17. The summed E-state index contributed by atoms with van der Waals surface area (Å²) in [5.74, 6) is -0.734. The molecule has 26 heavy (non-hydrogen) atoms. The van der Waals surface area contributed by atoms with Crippen LogP contribution in [-0.4, -0.2) is 22.0 Å². The molecule has 0 aliphatic carbocycles. The number of carbonyl (C=O) groups is 1. The van der Waals surface area contributed by atoms with Gasteiger partial charge in [-0.3, -0.25) is 9.20 Å². The Morgan fingerprint density at radius 2 is 1.85 bits per heavy atom.